The molecule has 0 bridgehead atoms. The van der Waals surface area contributed by atoms with Gasteiger partial charge in [0.1, 0.15) is 5.82 Å². The summed E-state index contributed by atoms with van der Waals surface area (Å²) in [6.07, 6.45) is 0.713. The number of halogens is 2. The number of fused-ring (bicyclic) bond motifs is 1. The van der Waals surface area contributed by atoms with Crippen molar-refractivity contribution in [1.82, 2.24) is 14.7 Å². The number of benzene rings is 2. The largest absolute Gasteiger partial charge is 0.295 e. The van der Waals surface area contributed by atoms with Gasteiger partial charge < -0.3 is 0 Å². The zero-order valence-corrected chi connectivity index (χ0v) is 15.1. The summed E-state index contributed by atoms with van der Waals surface area (Å²) in [5, 5.41) is 12.3. The fraction of sp³-hybridized carbons (Fsp3) is 0.200. The molecule has 1 aliphatic heterocycles. The van der Waals surface area contributed by atoms with Crippen LogP contribution in [0.15, 0.2) is 47.3 Å². The summed E-state index contributed by atoms with van der Waals surface area (Å²) in [4.78, 5) is 15.0. The molecule has 0 radical (unpaired) electrons. The number of hydrogen-bond acceptors (Lipinski definition) is 3. The Labute approximate surface area is 160 Å². The Morgan fingerprint density at radius 2 is 2.11 bits per heavy atom. The molecule has 0 saturated heterocycles. The minimum atomic E-state index is -0.436. The highest BCUT2D eigenvalue weighted by Gasteiger charge is 2.23. The van der Waals surface area contributed by atoms with Gasteiger partial charge in [-0.15, -0.1) is 0 Å². The molecule has 136 valence electrons. The molecule has 2 aromatic carbocycles. The van der Waals surface area contributed by atoms with Crippen molar-refractivity contribution in [3.63, 3.8) is 0 Å². The Balaban J connectivity index is 1.60. The maximum atomic E-state index is 13.3. The summed E-state index contributed by atoms with van der Waals surface area (Å²) in [6, 6.07) is 13.7. The third-order valence-electron chi connectivity index (χ3n) is 4.76. The second kappa shape index (κ2) is 7.03. The maximum Gasteiger partial charge on any atom is 0.275 e. The summed E-state index contributed by atoms with van der Waals surface area (Å²) in [5.41, 5.74) is 3.57. The first kappa shape index (κ1) is 17.5. The molecule has 27 heavy (non-hydrogen) atoms. The van der Waals surface area contributed by atoms with E-state index in [1.54, 1.807) is 36.4 Å². The van der Waals surface area contributed by atoms with Crippen LogP contribution in [-0.4, -0.2) is 21.2 Å². The van der Waals surface area contributed by atoms with Gasteiger partial charge in [-0.05, 0) is 35.9 Å². The summed E-state index contributed by atoms with van der Waals surface area (Å²) in [6.45, 7) is 1.87. The molecule has 0 fully saturated rings. The van der Waals surface area contributed by atoms with Crippen LogP contribution in [0.25, 0.3) is 5.69 Å². The van der Waals surface area contributed by atoms with Crippen molar-refractivity contribution >= 4 is 11.6 Å². The fourth-order valence-electron chi connectivity index (χ4n) is 3.39. The highest BCUT2D eigenvalue weighted by atomic mass is 35.5. The first-order valence-electron chi connectivity index (χ1n) is 8.55. The van der Waals surface area contributed by atoms with Crippen molar-refractivity contribution in [1.29, 1.82) is 5.26 Å². The Hall–Kier alpha value is -2.88. The summed E-state index contributed by atoms with van der Waals surface area (Å²) in [5.74, 6) is -0.436. The van der Waals surface area contributed by atoms with E-state index in [2.05, 4.69) is 16.1 Å². The molecule has 1 aliphatic rings. The molecule has 1 N–H and O–H groups in total. The van der Waals surface area contributed by atoms with E-state index in [9.17, 15) is 9.18 Å². The zero-order valence-electron chi connectivity index (χ0n) is 14.4. The number of H-pyrrole nitrogens is 1. The Bertz CT molecular complexity index is 1110. The predicted octanol–water partition coefficient (Wildman–Crippen LogP) is 3.39. The average molecular weight is 383 g/mol. The zero-order chi connectivity index (χ0) is 19.0. The van der Waals surface area contributed by atoms with Crippen molar-refractivity contribution in [3.05, 3.63) is 86.0 Å². The molecule has 3 aromatic rings. The summed E-state index contributed by atoms with van der Waals surface area (Å²) >= 11 is 5.86. The highest BCUT2D eigenvalue weighted by Crippen LogP contribution is 2.21. The van der Waals surface area contributed by atoms with Crippen LogP contribution in [0.4, 0.5) is 4.39 Å². The van der Waals surface area contributed by atoms with Crippen LogP contribution < -0.4 is 5.56 Å². The molecular formula is C20H16ClFN4O. The molecule has 4 rings (SSSR count). The summed E-state index contributed by atoms with van der Waals surface area (Å²) in [7, 11) is 0. The van der Waals surface area contributed by atoms with Crippen LogP contribution in [0.3, 0.4) is 0 Å². The van der Waals surface area contributed by atoms with E-state index < -0.39 is 5.82 Å². The van der Waals surface area contributed by atoms with Crippen LogP contribution >= 0.6 is 11.6 Å². The van der Waals surface area contributed by atoms with Gasteiger partial charge in [-0.1, -0.05) is 23.7 Å². The van der Waals surface area contributed by atoms with Gasteiger partial charge in [-0.3, -0.25) is 14.8 Å². The standard InChI is InChI=1S/C20H16ClFN4O/c21-17-9-14(4-5-18(17)22)11-25-7-6-19-16(12-25)20(27)26(24-19)15-3-1-2-13(8-15)10-23/h1-5,8-9,24H,6-7,11-12H2. The van der Waals surface area contributed by atoms with E-state index in [1.165, 1.54) is 10.7 Å². The third-order valence-corrected chi connectivity index (χ3v) is 5.05. The van der Waals surface area contributed by atoms with Crippen LogP contribution in [0.1, 0.15) is 22.4 Å². The van der Waals surface area contributed by atoms with Crippen molar-refractivity contribution in [3.8, 4) is 11.8 Å². The van der Waals surface area contributed by atoms with Crippen LogP contribution in [0.5, 0.6) is 0 Å². The lowest BCUT2D eigenvalue weighted by Gasteiger charge is -2.25. The number of aromatic nitrogens is 2. The molecule has 5 nitrogen and oxygen atoms in total. The molecule has 1 aromatic heterocycles. The van der Waals surface area contributed by atoms with Crippen LogP contribution in [0.2, 0.25) is 5.02 Å². The van der Waals surface area contributed by atoms with E-state index in [4.69, 9.17) is 16.9 Å². The first-order valence-corrected chi connectivity index (χ1v) is 8.92. The lowest BCUT2D eigenvalue weighted by atomic mass is 10.1. The third kappa shape index (κ3) is 3.39. The summed E-state index contributed by atoms with van der Waals surface area (Å²) < 4.78 is 14.8. The smallest absolute Gasteiger partial charge is 0.275 e. The van der Waals surface area contributed by atoms with Gasteiger partial charge in [-0.25, -0.2) is 9.07 Å². The topological polar surface area (TPSA) is 64.8 Å². The molecular weight excluding hydrogens is 367 g/mol. The van der Waals surface area contributed by atoms with E-state index in [0.29, 0.717) is 30.8 Å². The van der Waals surface area contributed by atoms with Crippen molar-refractivity contribution < 1.29 is 4.39 Å². The van der Waals surface area contributed by atoms with E-state index in [1.807, 2.05) is 0 Å². The maximum absolute atomic E-state index is 13.3. The second-order valence-corrected chi connectivity index (χ2v) is 6.99. The van der Waals surface area contributed by atoms with Crippen LogP contribution in [-0.2, 0) is 19.5 Å². The molecule has 0 amide bonds. The van der Waals surface area contributed by atoms with Gasteiger partial charge in [0.25, 0.3) is 5.56 Å². The Kier molecular flexibility index (Phi) is 4.56. The highest BCUT2D eigenvalue weighted by molar-refractivity contribution is 6.30. The SMILES string of the molecule is N#Cc1cccc(-n2[nH]c3c(c2=O)CN(Cc2ccc(F)c(Cl)c2)CC3)c1. The number of aromatic amines is 1. The van der Waals surface area contributed by atoms with Crippen molar-refractivity contribution in [2.24, 2.45) is 0 Å². The number of nitrogens with zero attached hydrogens (tertiary/aromatic N) is 3. The number of hydrogen-bond donors (Lipinski definition) is 1. The van der Waals surface area contributed by atoms with Crippen LogP contribution in [0, 0.1) is 17.1 Å². The molecule has 0 aliphatic carbocycles. The minimum Gasteiger partial charge on any atom is -0.295 e. The molecule has 0 spiro atoms. The normalized spacial score (nSPS) is 14.0. The van der Waals surface area contributed by atoms with Gasteiger partial charge in [0.05, 0.1) is 27.9 Å². The van der Waals surface area contributed by atoms with Gasteiger partial charge in [0.15, 0.2) is 0 Å². The van der Waals surface area contributed by atoms with Crippen molar-refractivity contribution in [2.75, 3.05) is 6.54 Å². The van der Waals surface area contributed by atoms with Gasteiger partial charge in [0.2, 0.25) is 0 Å². The van der Waals surface area contributed by atoms with E-state index in [0.717, 1.165) is 23.4 Å². The Morgan fingerprint density at radius 3 is 2.89 bits per heavy atom. The first-order chi connectivity index (χ1) is 13.0. The molecule has 0 unspecified atom stereocenters. The van der Waals surface area contributed by atoms with Crippen molar-refractivity contribution in [2.45, 2.75) is 19.5 Å². The second-order valence-electron chi connectivity index (χ2n) is 6.58. The van der Waals surface area contributed by atoms with Gasteiger partial charge in [0, 0.05) is 31.7 Å². The molecule has 7 heteroatoms. The lowest BCUT2D eigenvalue weighted by molar-refractivity contribution is 0.244. The van der Waals surface area contributed by atoms with Gasteiger partial charge in [-0.2, -0.15) is 5.26 Å². The number of nitrogens with one attached hydrogen (secondary N) is 1. The van der Waals surface area contributed by atoms with Gasteiger partial charge >= 0.3 is 0 Å². The molecule has 2 heterocycles. The monoisotopic (exact) mass is 382 g/mol. The molecule has 0 atom stereocenters. The molecule has 0 saturated carbocycles. The van der Waals surface area contributed by atoms with E-state index >= 15 is 0 Å². The van der Waals surface area contributed by atoms with E-state index in [-0.39, 0.29) is 10.6 Å². The predicted molar refractivity (Wildman–Crippen MR) is 100 cm³/mol. The number of rotatable bonds is 3. The Morgan fingerprint density at radius 1 is 1.26 bits per heavy atom. The quantitative estimate of drug-likeness (QED) is 0.755. The fourth-order valence-corrected chi connectivity index (χ4v) is 3.59. The number of nitriles is 1. The average Bonchev–Trinajstić information content (AvgIpc) is 3.01. The lowest BCUT2D eigenvalue weighted by Crippen LogP contribution is -2.32. The minimum absolute atomic E-state index is 0.103.